The number of carbonyl (C=O) groups is 1. The molecule has 0 N–H and O–H groups in total. The van der Waals surface area contributed by atoms with Crippen LogP contribution in [-0.4, -0.2) is 43.5 Å². The maximum Gasteiger partial charge on any atom is 0.193 e. The molecule has 3 heteroatoms. The first-order chi connectivity index (χ1) is 8.09. The molecule has 1 aromatic rings. The second-order valence-electron chi connectivity index (χ2n) is 4.73. The molecular weight excluding hydrogens is 214 g/mol. The van der Waals surface area contributed by atoms with Gasteiger partial charge in [0.2, 0.25) is 0 Å². The highest BCUT2D eigenvalue weighted by atomic mass is 16.5. The van der Waals surface area contributed by atoms with E-state index < -0.39 is 0 Å². The summed E-state index contributed by atoms with van der Waals surface area (Å²) in [7, 11) is 2.02. The minimum absolute atomic E-state index is 0.109. The molecule has 1 fully saturated rings. The van der Waals surface area contributed by atoms with Gasteiger partial charge < -0.3 is 9.64 Å². The Labute approximate surface area is 102 Å². The van der Waals surface area contributed by atoms with E-state index in [1.165, 1.54) is 0 Å². The number of ether oxygens (including phenoxy) is 1. The standard InChI is InChI=1S/C14H19NO2/c1-10-5-4-6-12(11(10)2)14(16)13-9-15(3)7-8-17-13/h4-6,13H,7-9H2,1-3H3. The molecule has 2 rings (SSSR count). The number of rotatable bonds is 2. The highest BCUT2D eigenvalue weighted by Crippen LogP contribution is 2.17. The molecule has 0 aromatic heterocycles. The van der Waals surface area contributed by atoms with Crippen molar-refractivity contribution in [3.8, 4) is 0 Å². The van der Waals surface area contributed by atoms with E-state index in [9.17, 15) is 4.79 Å². The van der Waals surface area contributed by atoms with Gasteiger partial charge in [0.25, 0.3) is 0 Å². The number of morpholine rings is 1. The topological polar surface area (TPSA) is 29.5 Å². The summed E-state index contributed by atoms with van der Waals surface area (Å²) in [6, 6.07) is 5.85. The molecule has 1 heterocycles. The summed E-state index contributed by atoms with van der Waals surface area (Å²) in [6.45, 7) is 6.25. The SMILES string of the molecule is Cc1cccc(C(=O)C2CN(C)CCO2)c1C. The Morgan fingerprint density at radius 2 is 2.18 bits per heavy atom. The zero-order valence-corrected chi connectivity index (χ0v) is 10.7. The molecule has 0 aliphatic carbocycles. The smallest absolute Gasteiger partial charge is 0.193 e. The number of likely N-dealkylation sites (N-methyl/N-ethyl adjacent to an activating group) is 1. The molecule has 0 saturated carbocycles. The molecule has 3 nitrogen and oxygen atoms in total. The van der Waals surface area contributed by atoms with Gasteiger partial charge in [0.1, 0.15) is 6.10 Å². The van der Waals surface area contributed by atoms with Crippen molar-refractivity contribution in [1.29, 1.82) is 0 Å². The van der Waals surface area contributed by atoms with Crippen LogP contribution in [0.1, 0.15) is 21.5 Å². The molecule has 0 radical (unpaired) electrons. The van der Waals surface area contributed by atoms with Crippen molar-refractivity contribution >= 4 is 5.78 Å². The fourth-order valence-corrected chi connectivity index (χ4v) is 2.13. The van der Waals surface area contributed by atoms with Gasteiger partial charge in [-0.3, -0.25) is 4.79 Å². The van der Waals surface area contributed by atoms with Gasteiger partial charge in [0.05, 0.1) is 6.61 Å². The normalized spacial score (nSPS) is 21.5. The van der Waals surface area contributed by atoms with Gasteiger partial charge in [-0.05, 0) is 32.0 Å². The Bertz CT molecular complexity index is 428. The second kappa shape index (κ2) is 4.98. The Kier molecular flexibility index (Phi) is 3.60. The molecule has 0 amide bonds. The van der Waals surface area contributed by atoms with E-state index >= 15 is 0 Å². The van der Waals surface area contributed by atoms with Crippen LogP contribution >= 0.6 is 0 Å². The summed E-state index contributed by atoms with van der Waals surface area (Å²) in [5.74, 6) is 0.109. The third-order valence-corrected chi connectivity index (χ3v) is 3.43. The third kappa shape index (κ3) is 2.56. The number of aryl methyl sites for hydroxylation is 1. The van der Waals surface area contributed by atoms with Crippen LogP contribution in [0.2, 0.25) is 0 Å². The highest BCUT2D eigenvalue weighted by molar-refractivity contribution is 6.01. The lowest BCUT2D eigenvalue weighted by molar-refractivity contribution is -0.00866. The van der Waals surface area contributed by atoms with Crippen LogP contribution in [0.4, 0.5) is 0 Å². The fraction of sp³-hybridized carbons (Fsp3) is 0.500. The molecular formula is C14H19NO2. The number of hydrogen-bond donors (Lipinski definition) is 0. The van der Waals surface area contributed by atoms with Crippen molar-refractivity contribution in [3.05, 3.63) is 34.9 Å². The second-order valence-corrected chi connectivity index (χ2v) is 4.73. The van der Waals surface area contributed by atoms with Crippen LogP contribution in [0.5, 0.6) is 0 Å². The summed E-state index contributed by atoms with van der Waals surface area (Å²) in [5, 5.41) is 0. The molecule has 92 valence electrons. The molecule has 0 spiro atoms. The maximum absolute atomic E-state index is 12.4. The van der Waals surface area contributed by atoms with Crippen molar-refractivity contribution in [2.75, 3.05) is 26.7 Å². The van der Waals surface area contributed by atoms with E-state index in [-0.39, 0.29) is 11.9 Å². The molecule has 1 saturated heterocycles. The summed E-state index contributed by atoms with van der Waals surface area (Å²) < 4.78 is 5.57. The summed E-state index contributed by atoms with van der Waals surface area (Å²) >= 11 is 0. The highest BCUT2D eigenvalue weighted by Gasteiger charge is 2.26. The number of carbonyl (C=O) groups excluding carboxylic acids is 1. The fourth-order valence-electron chi connectivity index (χ4n) is 2.13. The van der Waals surface area contributed by atoms with Crippen LogP contribution in [0.15, 0.2) is 18.2 Å². The van der Waals surface area contributed by atoms with Gasteiger partial charge in [-0.2, -0.15) is 0 Å². The Balaban J connectivity index is 2.22. The minimum atomic E-state index is -0.311. The lowest BCUT2D eigenvalue weighted by Crippen LogP contribution is -2.44. The maximum atomic E-state index is 12.4. The van der Waals surface area contributed by atoms with E-state index in [0.717, 1.165) is 23.2 Å². The van der Waals surface area contributed by atoms with Crippen LogP contribution in [0.25, 0.3) is 0 Å². The monoisotopic (exact) mass is 233 g/mol. The van der Waals surface area contributed by atoms with E-state index in [1.807, 2.05) is 39.1 Å². The predicted octanol–water partition coefficient (Wildman–Crippen LogP) is 1.82. The van der Waals surface area contributed by atoms with Crippen molar-refractivity contribution < 1.29 is 9.53 Å². The molecule has 1 unspecified atom stereocenters. The lowest BCUT2D eigenvalue weighted by atomic mass is 9.97. The molecule has 1 atom stereocenters. The van der Waals surface area contributed by atoms with Crippen molar-refractivity contribution in [2.45, 2.75) is 20.0 Å². The van der Waals surface area contributed by atoms with Crippen molar-refractivity contribution in [3.63, 3.8) is 0 Å². The quantitative estimate of drug-likeness (QED) is 0.730. The van der Waals surface area contributed by atoms with E-state index in [2.05, 4.69) is 4.90 Å². The van der Waals surface area contributed by atoms with E-state index in [4.69, 9.17) is 4.74 Å². The first-order valence-corrected chi connectivity index (χ1v) is 6.00. The Hall–Kier alpha value is -1.19. The Morgan fingerprint density at radius 1 is 1.41 bits per heavy atom. The number of benzene rings is 1. The lowest BCUT2D eigenvalue weighted by Gasteiger charge is -2.29. The van der Waals surface area contributed by atoms with E-state index in [0.29, 0.717) is 13.2 Å². The Morgan fingerprint density at radius 3 is 2.88 bits per heavy atom. The molecule has 1 aliphatic rings. The summed E-state index contributed by atoms with van der Waals surface area (Å²) in [5.41, 5.74) is 3.01. The van der Waals surface area contributed by atoms with Crippen LogP contribution in [0, 0.1) is 13.8 Å². The largest absolute Gasteiger partial charge is 0.367 e. The molecule has 17 heavy (non-hydrogen) atoms. The van der Waals surface area contributed by atoms with Crippen LogP contribution < -0.4 is 0 Å². The zero-order chi connectivity index (χ0) is 12.4. The zero-order valence-electron chi connectivity index (χ0n) is 10.7. The first kappa shape index (κ1) is 12.3. The number of nitrogens with zero attached hydrogens (tertiary/aromatic N) is 1. The number of ketones is 1. The third-order valence-electron chi connectivity index (χ3n) is 3.43. The first-order valence-electron chi connectivity index (χ1n) is 6.00. The minimum Gasteiger partial charge on any atom is -0.367 e. The molecule has 1 aromatic carbocycles. The van der Waals surface area contributed by atoms with Gasteiger partial charge in [0, 0.05) is 18.7 Å². The molecule has 0 bridgehead atoms. The van der Waals surface area contributed by atoms with Gasteiger partial charge in [0.15, 0.2) is 5.78 Å². The van der Waals surface area contributed by atoms with Gasteiger partial charge >= 0.3 is 0 Å². The van der Waals surface area contributed by atoms with Crippen LogP contribution in [0.3, 0.4) is 0 Å². The average molecular weight is 233 g/mol. The van der Waals surface area contributed by atoms with Crippen molar-refractivity contribution in [2.24, 2.45) is 0 Å². The van der Waals surface area contributed by atoms with Gasteiger partial charge in [-0.15, -0.1) is 0 Å². The van der Waals surface area contributed by atoms with Crippen molar-refractivity contribution in [1.82, 2.24) is 4.90 Å². The summed E-state index contributed by atoms with van der Waals surface area (Å²) in [4.78, 5) is 14.5. The van der Waals surface area contributed by atoms with Gasteiger partial charge in [-0.25, -0.2) is 0 Å². The molecule has 1 aliphatic heterocycles. The average Bonchev–Trinajstić information content (AvgIpc) is 2.32. The van der Waals surface area contributed by atoms with Gasteiger partial charge in [-0.1, -0.05) is 18.2 Å². The van der Waals surface area contributed by atoms with E-state index in [1.54, 1.807) is 0 Å². The van der Waals surface area contributed by atoms with Crippen LogP contribution in [-0.2, 0) is 4.74 Å². The summed E-state index contributed by atoms with van der Waals surface area (Å²) in [6.07, 6.45) is -0.311. The number of Topliss-reactive ketones (excluding diaryl/α,β-unsaturated/α-hetero) is 1. The predicted molar refractivity (Wildman–Crippen MR) is 67.5 cm³/mol. The number of hydrogen-bond acceptors (Lipinski definition) is 3.